The topological polar surface area (TPSA) is 84.9 Å². The van der Waals surface area contributed by atoms with Crippen molar-refractivity contribution in [2.75, 3.05) is 13.2 Å². The molecule has 1 N–H and O–H groups in total. The molecule has 7 nitrogen and oxygen atoms in total. The number of rotatable bonds is 8. The van der Waals surface area contributed by atoms with Crippen LogP contribution >= 0.6 is 0 Å². The van der Waals surface area contributed by atoms with Crippen molar-refractivity contribution < 1.29 is 23.3 Å². The third kappa shape index (κ3) is 8.39. The molecule has 3 atom stereocenters. The van der Waals surface area contributed by atoms with Gasteiger partial charge >= 0.3 is 12.1 Å². The number of ether oxygens (including phenoxy) is 2. The summed E-state index contributed by atoms with van der Waals surface area (Å²) in [4.78, 5) is 28.3. The summed E-state index contributed by atoms with van der Waals surface area (Å²) in [6.45, 7) is 13.7. The summed E-state index contributed by atoms with van der Waals surface area (Å²) >= 11 is 0. The van der Waals surface area contributed by atoms with Gasteiger partial charge in [0, 0.05) is 6.54 Å². The molecule has 0 saturated carbocycles. The lowest BCUT2D eigenvalue weighted by molar-refractivity contribution is -0.146. The Bertz CT molecular complexity index is 1160. The fourth-order valence-corrected chi connectivity index (χ4v) is 5.92. The number of likely N-dealkylation sites (tertiary alicyclic amines) is 1. The molecule has 2 aromatic carbocycles. The molecule has 0 aliphatic carbocycles. The molecular weight excluding hydrogens is 512 g/mol. The predicted octanol–water partition coefficient (Wildman–Crippen LogP) is 6.04. The normalized spacial score (nSPS) is 20.8. The standard InChI is InChI=1S/C31H44N2O5S/c1-8-37-27(34)22-31(32-39(36)30(5,6)7)18-13-19-33(28(35)38-29(2,3)4)26(31)21-23-14-12-17-25(20-23)24-15-10-9-11-16-24/h9-12,14-17,20,26,32H,8,13,18-19,21-22H2,1-7H3/t26?,31?,39-/m1/s1. The number of amides is 1. The zero-order valence-electron chi connectivity index (χ0n) is 24.4. The molecular formula is C31H44N2O5S. The second kappa shape index (κ2) is 12.6. The van der Waals surface area contributed by atoms with E-state index in [2.05, 4.69) is 29.0 Å². The lowest BCUT2D eigenvalue weighted by Crippen LogP contribution is -2.68. The minimum absolute atomic E-state index is 0.00893. The summed E-state index contributed by atoms with van der Waals surface area (Å²) in [6.07, 6.45) is 1.20. The first-order valence-corrected chi connectivity index (χ1v) is 14.9. The molecule has 0 bridgehead atoms. The van der Waals surface area contributed by atoms with Crippen LogP contribution in [-0.4, -0.2) is 56.3 Å². The van der Waals surface area contributed by atoms with Crippen molar-refractivity contribution >= 4 is 23.0 Å². The van der Waals surface area contributed by atoms with Gasteiger partial charge in [0.1, 0.15) is 5.60 Å². The third-order valence-electron chi connectivity index (χ3n) is 6.74. The third-order valence-corrected chi connectivity index (χ3v) is 8.45. The molecule has 1 heterocycles. The molecule has 1 fully saturated rings. The second-order valence-corrected chi connectivity index (χ2v) is 14.2. The summed E-state index contributed by atoms with van der Waals surface area (Å²) < 4.78 is 27.5. The van der Waals surface area contributed by atoms with Crippen molar-refractivity contribution in [3.05, 3.63) is 60.2 Å². The van der Waals surface area contributed by atoms with Gasteiger partial charge in [-0.1, -0.05) is 54.6 Å². The van der Waals surface area contributed by atoms with Crippen LogP contribution in [0, 0.1) is 0 Å². The number of carbonyl (C=O) groups excluding carboxylic acids is 2. The maximum atomic E-state index is 13.6. The van der Waals surface area contributed by atoms with Gasteiger partial charge in [0.05, 0.1) is 40.3 Å². The number of nitrogens with zero attached hydrogens (tertiary/aromatic N) is 1. The molecule has 39 heavy (non-hydrogen) atoms. The van der Waals surface area contributed by atoms with Gasteiger partial charge in [-0.2, -0.15) is 0 Å². The van der Waals surface area contributed by atoms with Crippen molar-refractivity contribution in [1.29, 1.82) is 0 Å². The molecule has 8 heteroatoms. The van der Waals surface area contributed by atoms with E-state index < -0.39 is 39.0 Å². The van der Waals surface area contributed by atoms with E-state index in [0.717, 1.165) is 16.7 Å². The number of nitrogens with one attached hydrogen (secondary N) is 1. The highest BCUT2D eigenvalue weighted by atomic mass is 32.2. The van der Waals surface area contributed by atoms with E-state index in [1.54, 1.807) is 11.8 Å². The Morgan fingerprint density at radius 1 is 1.03 bits per heavy atom. The van der Waals surface area contributed by atoms with Crippen LogP contribution in [-0.2, 0) is 31.7 Å². The Balaban J connectivity index is 2.10. The number of esters is 1. The Morgan fingerprint density at radius 2 is 1.69 bits per heavy atom. The Morgan fingerprint density at radius 3 is 2.31 bits per heavy atom. The predicted molar refractivity (Wildman–Crippen MR) is 157 cm³/mol. The first-order chi connectivity index (χ1) is 18.2. The fraction of sp³-hybridized carbons (Fsp3) is 0.548. The molecule has 214 valence electrons. The van der Waals surface area contributed by atoms with E-state index in [0.29, 0.717) is 25.8 Å². The Kier molecular flexibility index (Phi) is 9.99. The lowest BCUT2D eigenvalue weighted by Gasteiger charge is -2.50. The molecule has 2 aromatic rings. The van der Waals surface area contributed by atoms with E-state index in [-0.39, 0.29) is 19.0 Å². The second-order valence-electron chi connectivity index (χ2n) is 12.2. The van der Waals surface area contributed by atoms with Crippen LogP contribution in [0.15, 0.2) is 54.6 Å². The zero-order chi connectivity index (χ0) is 28.8. The van der Waals surface area contributed by atoms with Crippen LogP contribution in [0.2, 0.25) is 0 Å². The SMILES string of the molecule is CCOC(=O)CC1(N[S@](=O)C(C)(C)C)CCCN(C(=O)OC(C)(C)C)C1Cc1cccc(-c2ccccc2)c1. The molecule has 1 aliphatic heterocycles. The summed E-state index contributed by atoms with van der Waals surface area (Å²) in [6, 6.07) is 17.8. The van der Waals surface area contributed by atoms with Gasteiger partial charge in [-0.3, -0.25) is 4.79 Å². The highest BCUT2D eigenvalue weighted by Crippen LogP contribution is 2.36. The average molecular weight is 557 g/mol. The minimum atomic E-state index is -1.49. The number of piperidine rings is 1. The molecule has 2 unspecified atom stereocenters. The van der Waals surface area contributed by atoms with Crippen LogP contribution < -0.4 is 4.72 Å². The zero-order valence-corrected chi connectivity index (χ0v) is 25.2. The van der Waals surface area contributed by atoms with E-state index >= 15 is 0 Å². The molecule has 0 spiro atoms. The maximum Gasteiger partial charge on any atom is 0.410 e. The summed E-state index contributed by atoms with van der Waals surface area (Å²) in [5, 5.41) is 0. The summed E-state index contributed by atoms with van der Waals surface area (Å²) in [5.74, 6) is -0.384. The van der Waals surface area contributed by atoms with Gasteiger partial charge in [0.2, 0.25) is 0 Å². The highest BCUT2D eigenvalue weighted by Gasteiger charge is 2.50. The van der Waals surface area contributed by atoms with Crippen LogP contribution in [0.4, 0.5) is 4.79 Å². The monoisotopic (exact) mass is 556 g/mol. The van der Waals surface area contributed by atoms with Crippen molar-refractivity contribution in [3.63, 3.8) is 0 Å². The number of hydrogen-bond donors (Lipinski definition) is 1. The van der Waals surface area contributed by atoms with E-state index in [1.165, 1.54) is 0 Å². The van der Waals surface area contributed by atoms with Crippen LogP contribution in [0.25, 0.3) is 11.1 Å². The maximum absolute atomic E-state index is 13.6. The van der Waals surface area contributed by atoms with E-state index in [1.807, 2.05) is 71.9 Å². The van der Waals surface area contributed by atoms with Gasteiger partial charge < -0.3 is 14.4 Å². The Hall–Kier alpha value is -2.71. The first-order valence-electron chi connectivity index (χ1n) is 13.7. The molecule has 0 aromatic heterocycles. The van der Waals surface area contributed by atoms with Crippen molar-refractivity contribution in [2.45, 2.75) is 96.1 Å². The average Bonchev–Trinajstić information content (AvgIpc) is 2.84. The fourth-order valence-electron chi connectivity index (χ4n) is 4.93. The largest absolute Gasteiger partial charge is 0.466 e. The van der Waals surface area contributed by atoms with Crippen molar-refractivity contribution in [2.24, 2.45) is 0 Å². The summed E-state index contributed by atoms with van der Waals surface area (Å²) in [5.41, 5.74) is 1.51. The van der Waals surface area contributed by atoms with Crippen molar-refractivity contribution in [3.8, 4) is 11.1 Å². The van der Waals surface area contributed by atoms with Crippen LogP contribution in [0.5, 0.6) is 0 Å². The van der Waals surface area contributed by atoms with Crippen LogP contribution in [0.1, 0.15) is 73.3 Å². The highest BCUT2D eigenvalue weighted by molar-refractivity contribution is 7.84. The number of carbonyl (C=O) groups is 2. The smallest absolute Gasteiger partial charge is 0.410 e. The quantitative estimate of drug-likeness (QED) is 0.401. The van der Waals surface area contributed by atoms with Gasteiger partial charge in [-0.15, -0.1) is 0 Å². The van der Waals surface area contributed by atoms with Gasteiger partial charge in [-0.25, -0.2) is 13.7 Å². The molecule has 3 rings (SSSR count). The van der Waals surface area contributed by atoms with Crippen LogP contribution in [0.3, 0.4) is 0 Å². The number of benzene rings is 2. The van der Waals surface area contributed by atoms with E-state index in [4.69, 9.17) is 9.47 Å². The lowest BCUT2D eigenvalue weighted by atomic mass is 9.76. The summed E-state index contributed by atoms with van der Waals surface area (Å²) in [7, 11) is -1.49. The first kappa shape index (κ1) is 30.8. The van der Waals surface area contributed by atoms with Crippen molar-refractivity contribution in [1.82, 2.24) is 9.62 Å². The molecule has 1 saturated heterocycles. The van der Waals surface area contributed by atoms with Gasteiger partial charge in [0.15, 0.2) is 0 Å². The van der Waals surface area contributed by atoms with Gasteiger partial charge in [-0.05, 0) is 84.4 Å². The molecule has 1 amide bonds. The molecule has 1 aliphatic rings. The van der Waals surface area contributed by atoms with Gasteiger partial charge in [0.25, 0.3) is 0 Å². The minimum Gasteiger partial charge on any atom is -0.466 e. The molecule has 0 radical (unpaired) electrons. The Labute approximate surface area is 236 Å². The van der Waals surface area contributed by atoms with E-state index in [9.17, 15) is 13.8 Å². The number of hydrogen-bond acceptors (Lipinski definition) is 5.